The van der Waals surface area contributed by atoms with Crippen LogP contribution in [0, 0.1) is 5.41 Å². The summed E-state index contributed by atoms with van der Waals surface area (Å²) < 4.78 is 11.9. The number of hydrogen-bond donors (Lipinski definition) is 1. The monoisotopic (exact) mass is 310 g/mol. The van der Waals surface area contributed by atoms with Crippen molar-refractivity contribution in [3.8, 4) is 0 Å². The van der Waals surface area contributed by atoms with E-state index in [1.807, 2.05) is 0 Å². The lowest BCUT2D eigenvalue weighted by Gasteiger charge is -2.33. The third-order valence-corrected chi connectivity index (χ3v) is 5.54. The van der Waals surface area contributed by atoms with Crippen LogP contribution in [-0.4, -0.2) is 44.6 Å². The molecule has 3 unspecified atom stereocenters. The van der Waals surface area contributed by atoms with Gasteiger partial charge in [0.1, 0.15) is 31.8 Å². The van der Waals surface area contributed by atoms with Crippen LogP contribution in [0.1, 0.15) is 60.3 Å². The Kier molecular flexibility index (Phi) is 6.48. The molecule has 22 heavy (non-hydrogen) atoms. The van der Waals surface area contributed by atoms with Gasteiger partial charge in [0.15, 0.2) is 0 Å². The Morgan fingerprint density at radius 3 is 2.50 bits per heavy atom. The van der Waals surface area contributed by atoms with Crippen molar-refractivity contribution in [2.45, 2.75) is 78.6 Å². The summed E-state index contributed by atoms with van der Waals surface area (Å²) in [5, 5.41) is 0. The molecule has 0 saturated carbocycles. The fourth-order valence-electron chi connectivity index (χ4n) is 3.77. The van der Waals surface area contributed by atoms with Crippen LogP contribution >= 0.6 is 0 Å². The standard InChI is InChI=1S/C19H35NO2/c1-6-19(4,5)17-7-9-18(10-8-17)21-12-11-20-13-15(2)22-16(3)14-20/h7,15-16,18H,6,8-14H2,1-5H3/p+1. The van der Waals surface area contributed by atoms with Crippen molar-refractivity contribution in [1.29, 1.82) is 0 Å². The lowest BCUT2D eigenvalue weighted by Crippen LogP contribution is -3.15. The highest BCUT2D eigenvalue weighted by molar-refractivity contribution is 5.15. The molecule has 2 rings (SSSR count). The van der Waals surface area contributed by atoms with Gasteiger partial charge in [-0.05, 0) is 44.9 Å². The molecule has 3 heteroatoms. The minimum Gasteiger partial charge on any atom is -0.372 e. The highest BCUT2D eigenvalue weighted by Crippen LogP contribution is 2.36. The number of hydrogen-bond acceptors (Lipinski definition) is 2. The van der Waals surface area contributed by atoms with Gasteiger partial charge in [-0.3, -0.25) is 0 Å². The van der Waals surface area contributed by atoms with Gasteiger partial charge in [0, 0.05) is 0 Å². The molecule has 128 valence electrons. The zero-order valence-electron chi connectivity index (χ0n) is 15.3. The molecule has 0 amide bonds. The van der Waals surface area contributed by atoms with Crippen LogP contribution in [0.15, 0.2) is 11.6 Å². The molecular weight excluding hydrogens is 274 g/mol. The molecule has 1 N–H and O–H groups in total. The first-order valence-electron chi connectivity index (χ1n) is 9.21. The van der Waals surface area contributed by atoms with Crippen LogP contribution in [0.5, 0.6) is 0 Å². The van der Waals surface area contributed by atoms with E-state index in [9.17, 15) is 0 Å². The average molecular weight is 311 g/mol. The summed E-state index contributed by atoms with van der Waals surface area (Å²) in [4.78, 5) is 1.63. The molecule has 3 nitrogen and oxygen atoms in total. The van der Waals surface area contributed by atoms with Crippen molar-refractivity contribution in [2.75, 3.05) is 26.2 Å². The number of ether oxygens (including phenoxy) is 2. The Morgan fingerprint density at radius 1 is 1.27 bits per heavy atom. The second-order valence-electron chi connectivity index (χ2n) is 7.90. The smallest absolute Gasteiger partial charge is 0.104 e. The average Bonchev–Trinajstić information content (AvgIpc) is 2.47. The van der Waals surface area contributed by atoms with Gasteiger partial charge in [-0.15, -0.1) is 0 Å². The Bertz CT molecular complexity index is 368. The van der Waals surface area contributed by atoms with Gasteiger partial charge >= 0.3 is 0 Å². The van der Waals surface area contributed by atoms with Crippen molar-refractivity contribution in [1.82, 2.24) is 0 Å². The first kappa shape index (κ1) is 18.0. The number of morpholine rings is 1. The van der Waals surface area contributed by atoms with E-state index < -0.39 is 0 Å². The van der Waals surface area contributed by atoms with E-state index in [0.29, 0.717) is 23.7 Å². The first-order valence-corrected chi connectivity index (χ1v) is 9.21. The number of nitrogens with one attached hydrogen (secondary N) is 1. The van der Waals surface area contributed by atoms with Crippen LogP contribution < -0.4 is 4.90 Å². The highest BCUT2D eigenvalue weighted by Gasteiger charge is 2.27. The van der Waals surface area contributed by atoms with Gasteiger partial charge in [0.05, 0.1) is 12.7 Å². The molecular formula is C19H36NO2+. The molecule has 3 atom stereocenters. The Labute approximate surface area is 137 Å². The fourth-order valence-corrected chi connectivity index (χ4v) is 3.77. The molecule has 0 spiro atoms. The summed E-state index contributed by atoms with van der Waals surface area (Å²) in [6.07, 6.45) is 8.39. The topological polar surface area (TPSA) is 22.9 Å². The first-order chi connectivity index (χ1) is 10.4. The third-order valence-electron chi connectivity index (χ3n) is 5.54. The predicted molar refractivity (Wildman–Crippen MR) is 91.3 cm³/mol. The highest BCUT2D eigenvalue weighted by atomic mass is 16.5. The molecule has 1 aliphatic heterocycles. The van der Waals surface area contributed by atoms with E-state index in [0.717, 1.165) is 32.7 Å². The molecule has 0 radical (unpaired) electrons. The van der Waals surface area contributed by atoms with Gasteiger partial charge in [-0.25, -0.2) is 0 Å². The minimum atomic E-state index is 0.370. The van der Waals surface area contributed by atoms with E-state index in [2.05, 4.69) is 40.7 Å². The summed E-state index contributed by atoms with van der Waals surface area (Å²) in [6, 6.07) is 0. The summed E-state index contributed by atoms with van der Waals surface area (Å²) in [5.74, 6) is 0. The fraction of sp³-hybridized carbons (Fsp3) is 0.895. The molecule has 0 bridgehead atoms. The third kappa shape index (κ3) is 5.07. The maximum absolute atomic E-state index is 6.14. The van der Waals surface area contributed by atoms with Crippen molar-refractivity contribution in [3.63, 3.8) is 0 Å². The number of rotatable bonds is 6. The second-order valence-corrected chi connectivity index (χ2v) is 7.90. The van der Waals surface area contributed by atoms with Crippen LogP contribution in [0.3, 0.4) is 0 Å². The molecule has 0 aromatic carbocycles. The Hall–Kier alpha value is -0.380. The van der Waals surface area contributed by atoms with Crippen LogP contribution in [0.25, 0.3) is 0 Å². The van der Waals surface area contributed by atoms with Crippen LogP contribution in [0.4, 0.5) is 0 Å². The van der Waals surface area contributed by atoms with E-state index >= 15 is 0 Å². The van der Waals surface area contributed by atoms with E-state index in [1.165, 1.54) is 19.3 Å². The maximum atomic E-state index is 6.14. The zero-order chi connectivity index (χ0) is 16.2. The molecule has 1 heterocycles. The molecule has 1 saturated heterocycles. The summed E-state index contributed by atoms with van der Waals surface area (Å²) in [5.41, 5.74) is 2.01. The number of quaternary nitrogens is 1. The van der Waals surface area contributed by atoms with Gasteiger partial charge in [-0.1, -0.05) is 32.4 Å². The normalized spacial score (nSPS) is 33.6. The number of allylic oxidation sites excluding steroid dienone is 1. The summed E-state index contributed by atoms with van der Waals surface area (Å²) in [7, 11) is 0. The van der Waals surface area contributed by atoms with Crippen LogP contribution in [-0.2, 0) is 9.47 Å². The molecule has 1 fully saturated rings. The Morgan fingerprint density at radius 2 is 1.95 bits per heavy atom. The van der Waals surface area contributed by atoms with Crippen molar-refractivity contribution in [3.05, 3.63) is 11.6 Å². The minimum absolute atomic E-state index is 0.370. The van der Waals surface area contributed by atoms with Gasteiger partial charge in [0.2, 0.25) is 0 Å². The van der Waals surface area contributed by atoms with Crippen LogP contribution in [0.2, 0.25) is 0 Å². The van der Waals surface area contributed by atoms with E-state index in [1.54, 1.807) is 10.5 Å². The lowest BCUT2D eigenvalue weighted by atomic mass is 9.76. The largest absolute Gasteiger partial charge is 0.372 e. The quantitative estimate of drug-likeness (QED) is 0.762. The SMILES string of the molecule is CCC(C)(C)C1=CCC(OCC[NH+]2CC(C)OC(C)C2)CC1. The summed E-state index contributed by atoms with van der Waals surface area (Å²) in [6.45, 7) is 15.6. The predicted octanol–water partition coefficient (Wildman–Crippen LogP) is 2.61. The summed E-state index contributed by atoms with van der Waals surface area (Å²) >= 11 is 0. The lowest BCUT2D eigenvalue weighted by molar-refractivity contribution is -0.915. The molecule has 2 aliphatic rings. The van der Waals surface area contributed by atoms with Crippen molar-refractivity contribution >= 4 is 0 Å². The molecule has 0 aromatic heterocycles. The van der Waals surface area contributed by atoms with Gasteiger partial charge < -0.3 is 14.4 Å². The van der Waals surface area contributed by atoms with Crippen molar-refractivity contribution < 1.29 is 14.4 Å². The van der Waals surface area contributed by atoms with E-state index in [-0.39, 0.29) is 0 Å². The van der Waals surface area contributed by atoms with Gasteiger partial charge in [0.25, 0.3) is 0 Å². The molecule has 0 aromatic rings. The zero-order valence-corrected chi connectivity index (χ0v) is 15.3. The van der Waals surface area contributed by atoms with Crippen molar-refractivity contribution in [2.24, 2.45) is 5.41 Å². The van der Waals surface area contributed by atoms with E-state index in [4.69, 9.17) is 9.47 Å². The Balaban J connectivity index is 1.69. The van der Waals surface area contributed by atoms with Gasteiger partial charge in [-0.2, -0.15) is 0 Å². The maximum Gasteiger partial charge on any atom is 0.104 e. The molecule has 1 aliphatic carbocycles. The second kappa shape index (κ2) is 7.94.